The zero-order chi connectivity index (χ0) is 20.4. The van der Waals surface area contributed by atoms with E-state index in [2.05, 4.69) is 21.4 Å². The Morgan fingerprint density at radius 3 is 2.45 bits per heavy atom. The third-order valence-corrected chi connectivity index (χ3v) is 7.46. The van der Waals surface area contributed by atoms with Crippen LogP contribution in [-0.2, 0) is 19.4 Å². The zero-order valence-corrected chi connectivity index (χ0v) is 18.7. The maximum atomic E-state index is 12.9. The second kappa shape index (κ2) is 9.17. The summed E-state index contributed by atoms with van der Waals surface area (Å²) < 4.78 is 2.23. The number of nitrogens with zero attached hydrogens (tertiary/aromatic N) is 5. The van der Waals surface area contributed by atoms with Crippen LogP contribution in [0.1, 0.15) is 67.2 Å². The summed E-state index contributed by atoms with van der Waals surface area (Å²) in [7, 11) is 3.69. The monoisotopic (exact) mass is 401 g/mol. The zero-order valence-electron chi connectivity index (χ0n) is 18.7. The Morgan fingerprint density at radius 2 is 1.79 bits per heavy atom. The Morgan fingerprint density at radius 1 is 1.07 bits per heavy atom. The van der Waals surface area contributed by atoms with Gasteiger partial charge in [-0.2, -0.15) is 5.10 Å². The number of fused-ring (bicyclic) bond motifs is 1. The van der Waals surface area contributed by atoms with Gasteiger partial charge in [0.25, 0.3) is 5.91 Å². The number of aromatic nitrogens is 2. The molecule has 1 saturated carbocycles. The third-order valence-electron chi connectivity index (χ3n) is 7.46. The fourth-order valence-electron chi connectivity index (χ4n) is 5.57. The molecule has 1 unspecified atom stereocenters. The van der Waals surface area contributed by atoms with Gasteiger partial charge in [0.1, 0.15) is 0 Å². The van der Waals surface area contributed by atoms with E-state index in [9.17, 15) is 4.79 Å². The second-order valence-electron chi connectivity index (χ2n) is 9.53. The first-order valence-corrected chi connectivity index (χ1v) is 11.8. The predicted octanol–water partition coefficient (Wildman–Crippen LogP) is 2.66. The molecule has 4 rings (SSSR count). The van der Waals surface area contributed by atoms with Crippen molar-refractivity contribution in [1.29, 1.82) is 0 Å². The van der Waals surface area contributed by atoms with Crippen molar-refractivity contribution >= 4 is 5.91 Å². The fourth-order valence-corrected chi connectivity index (χ4v) is 5.57. The van der Waals surface area contributed by atoms with Crippen molar-refractivity contribution in [2.45, 2.75) is 70.9 Å². The van der Waals surface area contributed by atoms with E-state index in [-0.39, 0.29) is 5.91 Å². The Kier molecular flexibility index (Phi) is 6.60. The van der Waals surface area contributed by atoms with Gasteiger partial charge in [-0.05, 0) is 44.6 Å². The Bertz CT molecular complexity index is 698. The molecule has 1 aromatic heterocycles. The predicted molar refractivity (Wildman–Crippen MR) is 116 cm³/mol. The van der Waals surface area contributed by atoms with Crippen LogP contribution in [0.5, 0.6) is 0 Å². The molecule has 2 aliphatic carbocycles. The van der Waals surface area contributed by atoms with Gasteiger partial charge in [-0.15, -0.1) is 0 Å². The van der Waals surface area contributed by atoms with E-state index >= 15 is 0 Å². The molecule has 29 heavy (non-hydrogen) atoms. The van der Waals surface area contributed by atoms with Crippen LogP contribution in [0.4, 0.5) is 0 Å². The minimum atomic E-state index is 0.0695. The number of amides is 1. The number of carbonyl (C=O) groups excluding carboxylic acids is 1. The fraction of sp³-hybridized carbons (Fsp3) is 0.826. The first-order valence-electron chi connectivity index (χ1n) is 11.8. The Labute approximate surface area is 176 Å². The van der Waals surface area contributed by atoms with Gasteiger partial charge < -0.3 is 9.80 Å². The summed E-state index contributed by atoms with van der Waals surface area (Å²) in [5, 5.41) is 4.91. The lowest BCUT2D eigenvalue weighted by molar-refractivity contribution is 0.0814. The molecule has 2 heterocycles. The van der Waals surface area contributed by atoms with E-state index in [0.717, 1.165) is 50.6 Å². The molecule has 2 fully saturated rings. The molecular weight excluding hydrogens is 362 g/mol. The minimum absolute atomic E-state index is 0.0695. The number of hydrogen-bond acceptors (Lipinski definition) is 4. The molecule has 0 bridgehead atoms. The lowest BCUT2D eigenvalue weighted by atomic mass is 9.88. The van der Waals surface area contributed by atoms with E-state index in [1.165, 1.54) is 62.9 Å². The van der Waals surface area contributed by atoms with Gasteiger partial charge in [-0.25, -0.2) is 0 Å². The summed E-state index contributed by atoms with van der Waals surface area (Å²) in [5.41, 5.74) is 3.32. The van der Waals surface area contributed by atoms with Gasteiger partial charge in [0, 0.05) is 64.1 Å². The highest BCUT2D eigenvalue weighted by atomic mass is 16.2. The number of hydrogen-bond donors (Lipinski definition) is 0. The summed E-state index contributed by atoms with van der Waals surface area (Å²) in [6.07, 6.45) is 9.96. The number of carbonyl (C=O) groups is 1. The van der Waals surface area contributed by atoms with Crippen molar-refractivity contribution in [3.8, 4) is 0 Å². The normalized spacial score (nSPS) is 24.4. The number of likely N-dealkylation sites (N-methyl/N-ethyl adjacent to an activating group) is 1. The van der Waals surface area contributed by atoms with Crippen molar-refractivity contribution < 1.29 is 4.79 Å². The molecule has 162 valence electrons. The molecule has 1 aromatic rings. The largest absolute Gasteiger partial charge is 0.343 e. The third kappa shape index (κ3) is 4.53. The molecule has 6 heteroatoms. The van der Waals surface area contributed by atoms with Crippen molar-refractivity contribution in [2.24, 2.45) is 5.92 Å². The molecular formula is C23H39N5O. The van der Waals surface area contributed by atoms with Gasteiger partial charge in [-0.1, -0.05) is 26.2 Å². The molecule has 1 amide bonds. The highest BCUT2D eigenvalue weighted by Crippen LogP contribution is 2.31. The molecule has 3 aliphatic rings. The molecule has 1 aliphatic heterocycles. The molecule has 0 radical (unpaired) electrons. The first kappa shape index (κ1) is 20.9. The molecule has 1 atom stereocenters. The van der Waals surface area contributed by atoms with E-state index in [0.29, 0.717) is 6.04 Å². The summed E-state index contributed by atoms with van der Waals surface area (Å²) in [5.74, 6) is 0.801. The van der Waals surface area contributed by atoms with Crippen LogP contribution in [0.15, 0.2) is 0 Å². The van der Waals surface area contributed by atoms with Crippen LogP contribution >= 0.6 is 0 Å². The molecule has 0 N–H and O–H groups in total. The van der Waals surface area contributed by atoms with Crippen LogP contribution < -0.4 is 0 Å². The SMILES string of the molecule is CCN1CCN(C2CCc3c(c(C(=O)N(C)C)nn3CC3CCCCC3)C2)CC1. The van der Waals surface area contributed by atoms with Crippen LogP contribution in [0, 0.1) is 5.92 Å². The van der Waals surface area contributed by atoms with E-state index in [1.807, 2.05) is 14.1 Å². The lowest BCUT2D eigenvalue weighted by Crippen LogP contribution is -2.51. The quantitative estimate of drug-likeness (QED) is 0.761. The van der Waals surface area contributed by atoms with Gasteiger partial charge >= 0.3 is 0 Å². The van der Waals surface area contributed by atoms with Crippen molar-refractivity contribution in [1.82, 2.24) is 24.5 Å². The van der Waals surface area contributed by atoms with Gasteiger partial charge in [0.2, 0.25) is 0 Å². The highest BCUT2D eigenvalue weighted by Gasteiger charge is 2.33. The van der Waals surface area contributed by atoms with Gasteiger partial charge in [0.15, 0.2) is 5.69 Å². The lowest BCUT2D eigenvalue weighted by Gasteiger charge is -2.40. The smallest absolute Gasteiger partial charge is 0.274 e. The maximum Gasteiger partial charge on any atom is 0.274 e. The molecule has 6 nitrogen and oxygen atoms in total. The van der Waals surface area contributed by atoms with Crippen molar-refractivity contribution in [2.75, 3.05) is 46.8 Å². The van der Waals surface area contributed by atoms with E-state index < -0.39 is 0 Å². The van der Waals surface area contributed by atoms with Crippen LogP contribution in [0.25, 0.3) is 0 Å². The maximum absolute atomic E-state index is 12.9. The van der Waals surface area contributed by atoms with Crippen LogP contribution in [-0.4, -0.2) is 83.2 Å². The summed E-state index contributed by atoms with van der Waals surface area (Å²) >= 11 is 0. The number of rotatable bonds is 5. The van der Waals surface area contributed by atoms with Gasteiger partial charge in [-0.3, -0.25) is 14.4 Å². The van der Waals surface area contributed by atoms with Crippen LogP contribution in [0.3, 0.4) is 0 Å². The van der Waals surface area contributed by atoms with E-state index in [4.69, 9.17) is 5.10 Å². The van der Waals surface area contributed by atoms with Crippen molar-refractivity contribution in [3.63, 3.8) is 0 Å². The van der Waals surface area contributed by atoms with E-state index in [1.54, 1.807) is 4.90 Å². The summed E-state index contributed by atoms with van der Waals surface area (Å²) in [6.45, 7) is 9.06. The highest BCUT2D eigenvalue weighted by molar-refractivity contribution is 5.93. The first-order chi connectivity index (χ1) is 14.1. The number of piperazine rings is 1. The average molecular weight is 402 g/mol. The second-order valence-corrected chi connectivity index (χ2v) is 9.53. The van der Waals surface area contributed by atoms with Crippen molar-refractivity contribution in [3.05, 3.63) is 17.0 Å². The summed E-state index contributed by atoms with van der Waals surface area (Å²) in [4.78, 5) is 19.8. The average Bonchev–Trinajstić information content (AvgIpc) is 3.11. The molecule has 1 saturated heterocycles. The van der Waals surface area contributed by atoms with Gasteiger partial charge in [0.05, 0.1) is 0 Å². The standard InChI is InChI=1S/C23H39N5O/c1-4-26-12-14-27(15-13-26)19-10-11-21-20(16-19)22(23(29)25(2)3)24-28(21)17-18-8-6-5-7-9-18/h18-19H,4-17H2,1-3H3. The Hall–Kier alpha value is -1.40. The topological polar surface area (TPSA) is 44.6 Å². The van der Waals surface area contributed by atoms with Crippen LogP contribution in [0.2, 0.25) is 0 Å². The Balaban J connectivity index is 1.53. The summed E-state index contributed by atoms with van der Waals surface area (Å²) in [6, 6.07) is 0.558. The molecule has 0 spiro atoms. The molecule has 0 aromatic carbocycles. The minimum Gasteiger partial charge on any atom is -0.343 e.